The van der Waals surface area contributed by atoms with Gasteiger partial charge in [0.25, 0.3) is 0 Å². The van der Waals surface area contributed by atoms with E-state index in [2.05, 4.69) is 30.6 Å². The van der Waals surface area contributed by atoms with Crippen molar-refractivity contribution in [3.05, 3.63) is 0 Å². The Bertz CT molecular complexity index is 401. The molecular weight excluding hydrogens is 308 g/mol. The van der Waals surface area contributed by atoms with Crippen LogP contribution in [0.15, 0.2) is 0 Å². The third-order valence-electron chi connectivity index (χ3n) is 4.40. The normalized spacial score (nSPS) is 16.6. The van der Waals surface area contributed by atoms with Crippen molar-refractivity contribution in [2.75, 3.05) is 13.2 Å². The molecule has 0 radical (unpaired) electrons. The van der Waals surface area contributed by atoms with Crippen LogP contribution in [0, 0.1) is 23.7 Å². The Kier molecular flexibility index (Phi) is 15.8. The first-order valence-corrected chi connectivity index (χ1v) is 10.6. The summed E-state index contributed by atoms with van der Waals surface area (Å²) in [6.07, 6.45) is 17.5. The topological polar surface area (TPSA) is 18.5 Å². The van der Waals surface area contributed by atoms with Crippen molar-refractivity contribution in [2.45, 2.75) is 110 Å². The van der Waals surface area contributed by atoms with Crippen LogP contribution >= 0.6 is 0 Å². The van der Waals surface area contributed by atoms with E-state index in [9.17, 15) is 0 Å². The molecule has 1 atom stereocenters. The van der Waals surface area contributed by atoms with Crippen molar-refractivity contribution in [1.29, 1.82) is 0 Å². The lowest BCUT2D eigenvalue weighted by molar-refractivity contribution is -0.162. The minimum atomic E-state index is 0.0629. The molecule has 0 aromatic carbocycles. The summed E-state index contributed by atoms with van der Waals surface area (Å²) >= 11 is 0. The maximum atomic E-state index is 5.73. The summed E-state index contributed by atoms with van der Waals surface area (Å²) in [5.74, 6) is 13.1. The van der Waals surface area contributed by atoms with E-state index in [1.807, 2.05) is 0 Å². The molecule has 0 amide bonds. The smallest absolute Gasteiger partial charge is 0.157 e. The summed E-state index contributed by atoms with van der Waals surface area (Å²) in [6.45, 7) is 3.94. The minimum Gasteiger partial charge on any atom is -0.353 e. The van der Waals surface area contributed by atoms with Crippen molar-refractivity contribution in [3.63, 3.8) is 0 Å². The molecule has 0 aromatic heterocycles. The Balaban J connectivity index is 1.79. The molecule has 2 heteroatoms. The molecule has 1 aliphatic rings. The number of rotatable bonds is 12. The summed E-state index contributed by atoms with van der Waals surface area (Å²) in [4.78, 5) is 0. The molecule has 142 valence electrons. The fraction of sp³-hybridized carbons (Fsp3) is 0.826. The second kappa shape index (κ2) is 17.8. The summed E-state index contributed by atoms with van der Waals surface area (Å²) in [6, 6.07) is 0. The van der Waals surface area contributed by atoms with E-state index in [1.165, 1.54) is 51.4 Å². The van der Waals surface area contributed by atoms with Gasteiger partial charge in [-0.25, -0.2) is 0 Å². The molecular formula is C23H38O2. The number of hydrogen-bond donors (Lipinski definition) is 0. The lowest BCUT2D eigenvalue weighted by Crippen LogP contribution is -2.22. The third-order valence-corrected chi connectivity index (χ3v) is 4.40. The van der Waals surface area contributed by atoms with Gasteiger partial charge in [0.2, 0.25) is 0 Å². The zero-order valence-corrected chi connectivity index (χ0v) is 16.4. The Morgan fingerprint density at radius 1 is 0.760 bits per heavy atom. The summed E-state index contributed by atoms with van der Waals surface area (Å²) in [7, 11) is 0. The quantitative estimate of drug-likeness (QED) is 0.308. The summed E-state index contributed by atoms with van der Waals surface area (Å²) in [5, 5.41) is 0. The summed E-state index contributed by atoms with van der Waals surface area (Å²) in [5.41, 5.74) is 0. The predicted octanol–water partition coefficient (Wildman–Crippen LogP) is 6.24. The van der Waals surface area contributed by atoms with Gasteiger partial charge in [-0.05, 0) is 44.9 Å². The highest BCUT2D eigenvalue weighted by molar-refractivity contribution is 5.02. The van der Waals surface area contributed by atoms with E-state index in [-0.39, 0.29) is 6.29 Å². The van der Waals surface area contributed by atoms with E-state index in [4.69, 9.17) is 9.47 Å². The van der Waals surface area contributed by atoms with Gasteiger partial charge < -0.3 is 9.47 Å². The molecule has 0 aliphatic carbocycles. The molecule has 1 unspecified atom stereocenters. The fourth-order valence-corrected chi connectivity index (χ4v) is 2.81. The molecule has 0 saturated carbocycles. The lowest BCUT2D eigenvalue weighted by atomic mass is 10.1. The first-order chi connectivity index (χ1) is 12.4. The van der Waals surface area contributed by atoms with E-state index >= 15 is 0 Å². The van der Waals surface area contributed by atoms with Crippen LogP contribution in [-0.4, -0.2) is 19.5 Å². The third kappa shape index (κ3) is 15.0. The van der Waals surface area contributed by atoms with E-state index in [0.717, 1.165) is 58.2 Å². The van der Waals surface area contributed by atoms with Crippen molar-refractivity contribution >= 4 is 0 Å². The molecule has 1 aliphatic heterocycles. The molecule has 0 N–H and O–H groups in total. The van der Waals surface area contributed by atoms with Crippen molar-refractivity contribution in [1.82, 2.24) is 0 Å². The lowest BCUT2D eigenvalue weighted by Gasteiger charge is -2.22. The van der Waals surface area contributed by atoms with Gasteiger partial charge in [0.05, 0.1) is 0 Å². The molecule has 1 fully saturated rings. The molecule has 1 heterocycles. The molecule has 0 spiro atoms. The first-order valence-electron chi connectivity index (χ1n) is 10.6. The molecule has 1 rings (SSSR count). The molecule has 1 saturated heterocycles. The molecule has 0 aromatic rings. The number of hydrogen-bond acceptors (Lipinski definition) is 2. The minimum absolute atomic E-state index is 0.0629. The monoisotopic (exact) mass is 346 g/mol. The molecule has 0 bridgehead atoms. The standard InChI is InChI=1S/C23H38O2/c1-2-3-4-5-6-7-8-9-10-11-12-13-14-15-16-18-21-24-23-20-17-19-22-25-23/h23H,2-6,9-11,14-22H2,1H3. The van der Waals surface area contributed by atoms with Crippen LogP contribution in [-0.2, 0) is 9.47 Å². The Hall–Kier alpha value is -0.960. The van der Waals surface area contributed by atoms with Crippen LogP contribution < -0.4 is 0 Å². The van der Waals surface area contributed by atoms with Gasteiger partial charge in [-0.3, -0.25) is 0 Å². The van der Waals surface area contributed by atoms with Gasteiger partial charge in [0.1, 0.15) is 0 Å². The second-order valence-corrected chi connectivity index (χ2v) is 6.85. The van der Waals surface area contributed by atoms with Gasteiger partial charge in [0, 0.05) is 38.9 Å². The van der Waals surface area contributed by atoms with Crippen LogP contribution in [0.1, 0.15) is 103 Å². The Morgan fingerprint density at radius 2 is 1.40 bits per heavy atom. The maximum Gasteiger partial charge on any atom is 0.157 e. The van der Waals surface area contributed by atoms with Gasteiger partial charge >= 0.3 is 0 Å². The zero-order valence-electron chi connectivity index (χ0n) is 16.4. The highest BCUT2D eigenvalue weighted by Crippen LogP contribution is 2.14. The van der Waals surface area contributed by atoms with Crippen LogP contribution in [0.5, 0.6) is 0 Å². The van der Waals surface area contributed by atoms with Crippen LogP contribution in [0.3, 0.4) is 0 Å². The van der Waals surface area contributed by atoms with Gasteiger partial charge in [0.15, 0.2) is 6.29 Å². The fourth-order valence-electron chi connectivity index (χ4n) is 2.81. The van der Waals surface area contributed by atoms with Gasteiger partial charge in [-0.1, -0.05) is 32.6 Å². The highest BCUT2D eigenvalue weighted by atomic mass is 16.7. The van der Waals surface area contributed by atoms with Crippen molar-refractivity contribution in [3.8, 4) is 23.7 Å². The molecule has 25 heavy (non-hydrogen) atoms. The first kappa shape index (κ1) is 22.1. The Labute approximate surface area is 156 Å². The largest absolute Gasteiger partial charge is 0.353 e. The van der Waals surface area contributed by atoms with Crippen LogP contribution in [0.2, 0.25) is 0 Å². The summed E-state index contributed by atoms with van der Waals surface area (Å²) < 4.78 is 11.3. The van der Waals surface area contributed by atoms with E-state index in [0.29, 0.717) is 0 Å². The second-order valence-electron chi connectivity index (χ2n) is 6.85. The average Bonchev–Trinajstić information content (AvgIpc) is 2.65. The van der Waals surface area contributed by atoms with Crippen LogP contribution in [0.25, 0.3) is 0 Å². The van der Waals surface area contributed by atoms with E-state index < -0.39 is 0 Å². The van der Waals surface area contributed by atoms with Crippen LogP contribution in [0.4, 0.5) is 0 Å². The number of unbranched alkanes of at least 4 members (excludes halogenated alkanes) is 9. The van der Waals surface area contributed by atoms with Gasteiger partial charge in [-0.15, -0.1) is 23.7 Å². The van der Waals surface area contributed by atoms with Gasteiger partial charge in [-0.2, -0.15) is 0 Å². The maximum absolute atomic E-state index is 5.73. The highest BCUT2D eigenvalue weighted by Gasteiger charge is 2.12. The SMILES string of the molecule is CCCCCCC#CCCCC#CCCCCCOC1CCCCO1. The van der Waals surface area contributed by atoms with Crippen molar-refractivity contribution < 1.29 is 9.47 Å². The zero-order chi connectivity index (χ0) is 17.8. The number of ether oxygens (including phenoxy) is 2. The molecule has 2 nitrogen and oxygen atoms in total. The predicted molar refractivity (Wildman–Crippen MR) is 106 cm³/mol. The van der Waals surface area contributed by atoms with E-state index in [1.54, 1.807) is 0 Å². The average molecular weight is 347 g/mol. The Morgan fingerprint density at radius 3 is 2.00 bits per heavy atom. The van der Waals surface area contributed by atoms with Crippen molar-refractivity contribution in [2.24, 2.45) is 0 Å².